The lowest BCUT2D eigenvalue weighted by molar-refractivity contribution is 0.378. The van der Waals surface area contributed by atoms with E-state index in [0.717, 1.165) is 13.0 Å². The van der Waals surface area contributed by atoms with Crippen molar-refractivity contribution in [2.45, 2.75) is 65.8 Å². The minimum absolute atomic E-state index is 0.206. The topological polar surface area (TPSA) is 12.0 Å². The second-order valence-corrected chi connectivity index (χ2v) is 7.06. The van der Waals surface area contributed by atoms with Gasteiger partial charge in [-0.2, -0.15) is 0 Å². The standard InChI is InChI=1S/C17H29N/c1-13-9-8-10-15(14(13)2)17(6,7)11-12-18-16(3,4)5/h8-10,18H,11-12H2,1-7H3. The summed E-state index contributed by atoms with van der Waals surface area (Å²) in [6, 6.07) is 6.65. The Kier molecular flexibility index (Phi) is 4.61. The van der Waals surface area contributed by atoms with Gasteiger partial charge in [-0.3, -0.25) is 0 Å². The van der Waals surface area contributed by atoms with E-state index in [0.29, 0.717) is 0 Å². The highest BCUT2D eigenvalue weighted by Gasteiger charge is 2.23. The summed E-state index contributed by atoms with van der Waals surface area (Å²) in [7, 11) is 0. The predicted molar refractivity (Wildman–Crippen MR) is 81.3 cm³/mol. The minimum atomic E-state index is 0.206. The molecule has 0 aliphatic heterocycles. The van der Waals surface area contributed by atoms with Crippen LogP contribution in [0.3, 0.4) is 0 Å². The van der Waals surface area contributed by atoms with Crippen LogP contribution in [0.25, 0.3) is 0 Å². The molecule has 1 aromatic rings. The lowest BCUT2D eigenvalue weighted by Gasteiger charge is -2.30. The number of aryl methyl sites for hydroxylation is 1. The first-order valence-corrected chi connectivity index (χ1v) is 6.95. The van der Waals surface area contributed by atoms with Crippen molar-refractivity contribution in [2.75, 3.05) is 6.54 Å². The molecule has 18 heavy (non-hydrogen) atoms. The maximum absolute atomic E-state index is 3.58. The molecule has 1 rings (SSSR count). The Bertz CT molecular complexity index is 397. The summed E-state index contributed by atoms with van der Waals surface area (Å²) in [4.78, 5) is 0. The van der Waals surface area contributed by atoms with E-state index >= 15 is 0 Å². The van der Waals surface area contributed by atoms with Crippen LogP contribution in [0, 0.1) is 13.8 Å². The SMILES string of the molecule is Cc1cccc(C(C)(C)CCNC(C)(C)C)c1C. The van der Waals surface area contributed by atoms with Gasteiger partial charge < -0.3 is 5.32 Å². The highest BCUT2D eigenvalue weighted by molar-refractivity contribution is 5.37. The van der Waals surface area contributed by atoms with Crippen molar-refractivity contribution in [2.24, 2.45) is 0 Å². The van der Waals surface area contributed by atoms with E-state index in [2.05, 4.69) is 72.0 Å². The summed E-state index contributed by atoms with van der Waals surface area (Å²) in [5.41, 5.74) is 4.76. The zero-order chi connectivity index (χ0) is 14.0. The molecular formula is C17H29N. The second-order valence-electron chi connectivity index (χ2n) is 7.06. The molecule has 0 atom stereocenters. The van der Waals surface area contributed by atoms with Crippen molar-refractivity contribution >= 4 is 0 Å². The molecule has 1 nitrogen and oxygen atoms in total. The van der Waals surface area contributed by atoms with Crippen LogP contribution in [0.5, 0.6) is 0 Å². The number of benzene rings is 1. The molecule has 0 saturated heterocycles. The van der Waals surface area contributed by atoms with E-state index in [9.17, 15) is 0 Å². The van der Waals surface area contributed by atoms with Crippen LogP contribution in [0.1, 0.15) is 57.7 Å². The molecule has 0 aliphatic carbocycles. The van der Waals surface area contributed by atoms with Crippen molar-refractivity contribution in [3.05, 3.63) is 34.9 Å². The van der Waals surface area contributed by atoms with Gasteiger partial charge in [-0.15, -0.1) is 0 Å². The van der Waals surface area contributed by atoms with Gasteiger partial charge in [0.25, 0.3) is 0 Å². The third-order valence-corrected chi connectivity index (χ3v) is 3.74. The molecule has 1 aromatic carbocycles. The zero-order valence-electron chi connectivity index (χ0n) is 13.1. The van der Waals surface area contributed by atoms with Crippen LogP contribution in [-0.4, -0.2) is 12.1 Å². The predicted octanol–water partition coefficient (Wildman–Crippen LogP) is 4.36. The van der Waals surface area contributed by atoms with Gasteiger partial charge in [0.05, 0.1) is 0 Å². The first-order chi connectivity index (χ1) is 8.13. The molecular weight excluding hydrogens is 218 g/mol. The van der Waals surface area contributed by atoms with Gasteiger partial charge in [-0.05, 0) is 69.7 Å². The quantitative estimate of drug-likeness (QED) is 0.833. The Morgan fingerprint density at radius 3 is 2.17 bits per heavy atom. The molecule has 0 aliphatic rings. The number of hydrogen-bond acceptors (Lipinski definition) is 1. The van der Waals surface area contributed by atoms with Crippen LogP contribution in [-0.2, 0) is 5.41 Å². The Morgan fingerprint density at radius 2 is 1.61 bits per heavy atom. The Hall–Kier alpha value is -0.820. The number of hydrogen-bond donors (Lipinski definition) is 1. The average molecular weight is 247 g/mol. The van der Waals surface area contributed by atoms with Gasteiger partial charge in [-0.25, -0.2) is 0 Å². The van der Waals surface area contributed by atoms with Crippen molar-refractivity contribution in [1.82, 2.24) is 5.32 Å². The zero-order valence-corrected chi connectivity index (χ0v) is 13.1. The molecule has 0 fully saturated rings. The summed E-state index contributed by atoms with van der Waals surface area (Å²) >= 11 is 0. The number of nitrogens with one attached hydrogen (secondary N) is 1. The Balaban J connectivity index is 2.77. The third-order valence-electron chi connectivity index (χ3n) is 3.74. The van der Waals surface area contributed by atoms with Gasteiger partial charge in [-0.1, -0.05) is 32.0 Å². The van der Waals surface area contributed by atoms with E-state index in [1.54, 1.807) is 0 Å². The highest BCUT2D eigenvalue weighted by atomic mass is 14.9. The number of rotatable bonds is 4. The molecule has 0 amide bonds. The fourth-order valence-electron chi connectivity index (χ4n) is 2.37. The molecule has 1 heteroatoms. The van der Waals surface area contributed by atoms with E-state index in [-0.39, 0.29) is 11.0 Å². The van der Waals surface area contributed by atoms with E-state index in [4.69, 9.17) is 0 Å². The summed E-state index contributed by atoms with van der Waals surface area (Å²) in [5, 5.41) is 3.58. The van der Waals surface area contributed by atoms with Crippen LogP contribution in [0.4, 0.5) is 0 Å². The normalized spacial score (nSPS) is 12.8. The molecule has 0 bridgehead atoms. The highest BCUT2D eigenvalue weighted by Crippen LogP contribution is 2.30. The van der Waals surface area contributed by atoms with Crippen LogP contribution < -0.4 is 5.32 Å². The summed E-state index contributed by atoms with van der Waals surface area (Å²) < 4.78 is 0. The maximum atomic E-state index is 3.58. The Morgan fingerprint density at radius 1 is 1.00 bits per heavy atom. The minimum Gasteiger partial charge on any atom is -0.312 e. The van der Waals surface area contributed by atoms with Gasteiger partial charge in [0.1, 0.15) is 0 Å². The molecule has 0 heterocycles. The monoisotopic (exact) mass is 247 g/mol. The van der Waals surface area contributed by atoms with Crippen LogP contribution in [0.15, 0.2) is 18.2 Å². The fraction of sp³-hybridized carbons (Fsp3) is 0.647. The largest absolute Gasteiger partial charge is 0.312 e. The van der Waals surface area contributed by atoms with E-state index in [1.165, 1.54) is 16.7 Å². The lowest BCUT2D eigenvalue weighted by Crippen LogP contribution is -2.38. The second kappa shape index (κ2) is 5.44. The molecule has 1 N–H and O–H groups in total. The molecule has 0 spiro atoms. The molecule has 0 unspecified atom stereocenters. The third kappa shape index (κ3) is 4.13. The lowest BCUT2D eigenvalue weighted by atomic mass is 9.78. The smallest absolute Gasteiger partial charge is 0.00965 e. The van der Waals surface area contributed by atoms with Crippen molar-refractivity contribution in [3.8, 4) is 0 Å². The average Bonchev–Trinajstić information content (AvgIpc) is 2.19. The molecule has 0 aromatic heterocycles. The van der Waals surface area contributed by atoms with Gasteiger partial charge in [0, 0.05) is 5.54 Å². The van der Waals surface area contributed by atoms with Crippen LogP contribution in [0.2, 0.25) is 0 Å². The van der Waals surface area contributed by atoms with Crippen molar-refractivity contribution in [1.29, 1.82) is 0 Å². The van der Waals surface area contributed by atoms with E-state index < -0.39 is 0 Å². The van der Waals surface area contributed by atoms with Gasteiger partial charge in [0.15, 0.2) is 0 Å². The summed E-state index contributed by atoms with van der Waals surface area (Å²) in [6.45, 7) is 16.8. The Labute approximate surface area is 113 Å². The summed E-state index contributed by atoms with van der Waals surface area (Å²) in [5.74, 6) is 0. The first-order valence-electron chi connectivity index (χ1n) is 6.95. The molecule has 0 radical (unpaired) electrons. The fourth-order valence-corrected chi connectivity index (χ4v) is 2.37. The first kappa shape index (κ1) is 15.2. The maximum Gasteiger partial charge on any atom is 0.00965 e. The molecule has 0 saturated carbocycles. The molecule has 102 valence electrons. The van der Waals surface area contributed by atoms with E-state index in [1.807, 2.05) is 0 Å². The summed E-state index contributed by atoms with van der Waals surface area (Å²) in [6.07, 6.45) is 1.16. The van der Waals surface area contributed by atoms with Gasteiger partial charge in [0.2, 0.25) is 0 Å². The van der Waals surface area contributed by atoms with Crippen LogP contribution >= 0.6 is 0 Å². The van der Waals surface area contributed by atoms with Gasteiger partial charge >= 0.3 is 0 Å². The van der Waals surface area contributed by atoms with Crippen molar-refractivity contribution < 1.29 is 0 Å². The van der Waals surface area contributed by atoms with Crippen molar-refractivity contribution in [3.63, 3.8) is 0 Å².